The third kappa shape index (κ3) is 3.17. The molecule has 5 nitrogen and oxygen atoms in total. The molecule has 0 amide bonds. The standard InChI is InChI=1S/C13H17N3O2S2/c1-3-16(9-11-5-4-6-12(14)7-11)20(17,18)13-8-15-10(2)19-13/h4-8H,3,9,14H2,1-2H3. The summed E-state index contributed by atoms with van der Waals surface area (Å²) in [7, 11) is -3.49. The summed E-state index contributed by atoms with van der Waals surface area (Å²) in [5.41, 5.74) is 7.22. The van der Waals surface area contributed by atoms with Gasteiger partial charge in [-0.15, -0.1) is 11.3 Å². The van der Waals surface area contributed by atoms with E-state index in [0.717, 1.165) is 10.6 Å². The van der Waals surface area contributed by atoms with Crippen molar-refractivity contribution in [2.75, 3.05) is 12.3 Å². The number of anilines is 1. The van der Waals surface area contributed by atoms with Gasteiger partial charge < -0.3 is 5.73 Å². The van der Waals surface area contributed by atoms with E-state index in [9.17, 15) is 8.42 Å². The van der Waals surface area contributed by atoms with Crippen molar-refractivity contribution in [3.05, 3.63) is 41.0 Å². The van der Waals surface area contributed by atoms with Gasteiger partial charge >= 0.3 is 0 Å². The predicted octanol–water partition coefficient (Wildman–Crippen LogP) is 2.24. The number of benzene rings is 1. The summed E-state index contributed by atoms with van der Waals surface area (Å²) < 4.78 is 26.8. The smallest absolute Gasteiger partial charge is 0.254 e. The van der Waals surface area contributed by atoms with E-state index in [-0.39, 0.29) is 4.21 Å². The Kier molecular flexibility index (Phi) is 4.42. The number of thiazole rings is 1. The number of nitrogen functional groups attached to an aromatic ring is 1. The lowest BCUT2D eigenvalue weighted by atomic mass is 10.2. The third-order valence-electron chi connectivity index (χ3n) is 2.86. The summed E-state index contributed by atoms with van der Waals surface area (Å²) in [6, 6.07) is 7.26. The molecule has 1 aromatic carbocycles. The van der Waals surface area contributed by atoms with E-state index in [2.05, 4.69) is 4.98 Å². The second-order valence-corrected chi connectivity index (χ2v) is 7.77. The van der Waals surface area contributed by atoms with Crippen molar-refractivity contribution in [1.82, 2.24) is 9.29 Å². The van der Waals surface area contributed by atoms with Crippen LogP contribution < -0.4 is 5.73 Å². The molecule has 0 unspecified atom stereocenters. The fourth-order valence-electron chi connectivity index (χ4n) is 1.85. The zero-order valence-electron chi connectivity index (χ0n) is 11.4. The van der Waals surface area contributed by atoms with Crippen molar-refractivity contribution in [2.45, 2.75) is 24.6 Å². The fraction of sp³-hybridized carbons (Fsp3) is 0.308. The van der Waals surface area contributed by atoms with Crippen LogP contribution in [0.4, 0.5) is 5.69 Å². The van der Waals surface area contributed by atoms with Crippen LogP contribution in [0.3, 0.4) is 0 Å². The zero-order valence-corrected chi connectivity index (χ0v) is 13.0. The van der Waals surface area contributed by atoms with E-state index in [4.69, 9.17) is 5.73 Å². The first-order valence-corrected chi connectivity index (χ1v) is 8.46. The normalized spacial score (nSPS) is 11.9. The van der Waals surface area contributed by atoms with Crippen LogP contribution >= 0.6 is 11.3 Å². The Bertz CT molecular complexity index is 695. The Morgan fingerprint density at radius 2 is 2.15 bits per heavy atom. The quantitative estimate of drug-likeness (QED) is 0.859. The van der Waals surface area contributed by atoms with Crippen LogP contribution in [0.2, 0.25) is 0 Å². The predicted molar refractivity (Wildman–Crippen MR) is 81.0 cm³/mol. The lowest BCUT2D eigenvalue weighted by molar-refractivity contribution is 0.425. The first kappa shape index (κ1) is 15.0. The second-order valence-electron chi connectivity index (χ2n) is 4.37. The van der Waals surface area contributed by atoms with Crippen molar-refractivity contribution >= 4 is 27.0 Å². The molecule has 2 aromatic rings. The van der Waals surface area contributed by atoms with Crippen LogP contribution in [-0.4, -0.2) is 24.3 Å². The number of aromatic nitrogens is 1. The molecule has 7 heteroatoms. The summed E-state index contributed by atoms with van der Waals surface area (Å²) in [4.78, 5) is 4.01. The molecule has 0 saturated heterocycles. The van der Waals surface area contributed by atoms with Gasteiger partial charge in [0.1, 0.15) is 0 Å². The van der Waals surface area contributed by atoms with Crippen molar-refractivity contribution in [3.8, 4) is 0 Å². The van der Waals surface area contributed by atoms with Crippen molar-refractivity contribution in [2.24, 2.45) is 0 Å². The van der Waals surface area contributed by atoms with E-state index in [0.29, 0.717) is 18.8 Å². The van der Waals surface area contributed by atoms with E-state index >= 15 is 0 Å². The molecule has 1 heterocycles. The number of sulfonamides is 1. The molecule has 2 rings (SSSR count). The number of nitrogens with zero attached hydrogens (tertiary/aromatic N) is 2. The van der Waals surface area contributed by atoms with Gasteiger partial charge in [0.25, 0.3) is 10.0 Å². The molecule has 0 fully saturated rings. The first-order chi connectivity index (χ1) is 9.43. The molecular weight excluding hydrogens is 294 g/mol. The molecule has 2 N–H and O–H groups in total. The average Bonchev–Trinajstić information content (AvgIpc) is 2.83. The van der Waals surface area contributed by atoms with Crippen molar-refractivity contribution in [3.63, 3.8) is 0 Å². The average molecular weight is 311 g/mol. The van der Waals surface area contributed by atoms with Crippen LogP contribution in [0.15, 0.2) is 34.7 Å². The summed E-state index contributed by atoms with van der Waals surface area (Å²) >= 11 is 1.19. The molecule has 0 radical (unpaired) electrons. The highest BCUT2D eigenvalue weighted by molar-refractivity contribution is 7.91. The Balaban J connectivity index is 2.28. The van der Waals surface area contributed by atoms with Crippen molar-refractivity contribution in [1.29, 1.82) is 0 Å². The van der Waals surface area contributed by atoms with Gasteiger partial charge in [-0.25, -0.2) is 13.4 Å². The fourth-order valence-corrected chi connectivity index (χ4v) is 4.55. The van der Waals surface area contributed by atoms with Crippen molar-refractivity contribution < 1.29 is 8.42 Å². The van der Waals surface area contributed by atoms with Gasteiger partial charge in [0.15, 0.2) is 4.21 Å². The zero-order chi connectivity index (χ0) is 14.8. The molecule has 108 valence electrons. The summed E-state index contributed by atoms with van der Waals surface area (Å²) in [5, 5.41) is 0.739. The molecule has 0 aliphatic rings. The maximum atomic E-state index is 12.5. The van der Waals surface area contributed by atoms with Gasteiger partial charge in [-0.1, -0.05) is 19.1 Å². The Morgan fingerprint density at radius 1 is 1.40 bits per heavy atom. The number of nitrogens with two attached hydrogens (primary N) is 1. The van der Waals surface area contributed by atoms with Crippen LogP contribution in [0.5, 0.6) is 0 Å². The lowest BCUT2D eigenvalue weighted by Crippen LogP contribution is -2.29. The van der Waals surface area contributed by atoms with Gasteiger partial charge in [-0.2, -0.15) is 4.31 Å². The largest absolute Gasteiger partial charge is 0.399 e. The number of hydrogen-bond acceptors (Lipinski definition) is 5. The van der Waals surface area contributed by atoms with Gasteiger partial charge in [0, 0.05) is 18.8 Å². The van der Waals surface area contributed by atoms with Gasteiger partial charge in [0.05, 0.1) is 11.2 Å². The van der Waals surface area contributed by atoms with Crippen LogP contribution in [-0.2, 0) is 16.6 Å². The summed E-state index contributed by atoms with van der Waals surface area (Å²) in [6.07, 6.45) is 1.41. The SMILES string of the molecule is CCN(Cc1cccc(N)c1)S(=O)(=O)c1cnc(C)s1. The molecule has 1 aromatic heterocycles. The number of rotatable bonds is 5. The molecule has 0 aliphatic heterocycles. The van der Waals surface area contributed by atoms with E-state index in [1.165, 1.54) is 21.8 Å². The number of aryl methyl sites for hydroxylation is 1. The molecule has 0 aliphatic carbocycles. The monoisotopic (exact) mass is 311 g/mol. The third-order valence-corrected chi connectivity index (χ3v) is 6.13. The Labute approximate surface area is 123 Å². The molecule has 0 bridgehead atoms. The maximum absolute atomic E-state index is 12.5. The maximum Gasteiger partial charge on any atom is 0.254 e. The molecule has 20 heavy (non-hydrogen) atoms. The highest BCUT2D eigenvalue weighted by atomic mass is 32.2. The minimum Gasteiger partial charge on any atom is -0.399 e. The highest BCUT2D eigenvalue weighted by Gasteiger charge is 2.25. The minimum atomic E-state index is -3.49. The van der Waals surface area contributed by atoms with Crippen LogP contribution in [0.25, 0.3) is 0 Å². The second kappa shape index (κ2) is 5.90. The molecule has 0 spiro atoms. The van der Waals surface area contributed by atoms with Gasteiger partial charge in [-0.3, -0.25) is 0 Å². The van der Waals surface area contributed by atoms with E-state index in [1.807, 2.05) is 19.1 Å². The summed E-state index contributed by atoms with van der Waals surface area (Å²) in [5.74, 6) is 0. The van der Waals surface area contributed by atoms with Gasteiger partial charge in [0.2, 0.25) is 0 Å². The van der Waals surface area contributed by atoms with Crippen LogP contribution in [0.1, 0.15) is 17.5 Å². The Hall–Kier alpha value is -1.44. The Morgan fingerprint density at radius 3 is 2.70 bits per heavy atom. The minimum absolute atomic E-state index is 0.278. The molecule has 0 saturated carbocycles. The van der Waals surface area contributed by atoms with Crippen LogP contribution in [0, 0.1) is 6.92 Å². The van der Waals surface area contributed by atoms with E-state index < -0.39 is 10.0 Å². The number of hydrogen-bond donors (Lipinski definition) is 1. The molecular formula is C13H17N3O2S2. The topological polar surface area (TPSA) is 76.3 Å². The highest BCUT2D eigenvalue weighted by Crippen LogP contribution is 2.23. The lowest BCUT2D eigenvalue weighted by Gasteiger charge is -2.19. The van der Waals surface area contributed by atoms with Gasteiger partial charge in [-0.05, 0) is 24.6 Å². The molecule has 0 atom stereocenters. The van der Waals surface area contributed by atoms with E-state index in [1.54, 1.807) is 19.1 Å². The summed E-state index contributed by atoms with van der Waals surface area (Å²) in [6.45, 7) is 4.31. The first-order valence-electron chi connectivity index (χ1n) is 6.20.